The topological polar surface area (TPSA) is 51.3 Å². The van der Waals surface area contributed by atoms with Crippen molar-refractivity contribution in [2.75, 3.05) is 0 Å². The number of aromatic nitrogens is 1. The molecule has 0 saturated heterocycles. The summed E-state index contributed by atoms with van der Waals surface area (Å²) >= 11 is 0. The summed E-state index contributed by atoms with van der Waals surface area (Å²) in [6, 6.07) is 3.66. The Bertz CT molecular complexity index is 197. The number of pyridine rings is 1. The molecule has 0 atom stereocenters. The summed E-state index contributed by atoms with van der Waals surface area (Å²) in [7, 11) is 0. The van der Waals surface area contributed by atoms with Crippen LogP contribution in [0.5, 0.6) is 0 Å². The van der Waals surface area contributed by atoms with Crippen molar-refractivity contribution in [2.45, 2.75) is 0 Å². The van der Waals surface area contributed by atoms with Crippen LogP contribution in [0.3, 0.4) is 0 Å². The van der Waals surface area contributed by atoms with Crippen LogP contribution in [0.4, 0.5) is 0 Å². The Hall–Kier alpha value is -0.886. The second-order valence-corrected chi connectivity index (χ2v) is 1.56. The van der Waals surface area contributed by atoms with Gasteiger partial charge in [0.25, 0.3) is 0 Å². The molecule has 2 N–H and O–H groups in total. The minimum absolute atomic E-state index is 0. The third-order valence-corrected chi connectivity index (χ3v) is 0.930. The van der Waals surface area contributed by atoms with Gasteiger partial charge in [-0.05, 0) is 17.7 Å². The van der Waals surface area contributed by atoms with E-state index in [2.05, 4.69) is 10.1 Å². The summed E-state index contributed by atoms with van der Waals surface area (Å²) in [4.78, 5) is 3.83. The number of rotatable bonds is 1. The zero-order valence-electron chi connectivity index (χ0n) is 5.17. The zero-order valence-corrected chi connectivity index (χ0v) is 6.16. The smallest absolute Gasteiger partial charge is 0.0539 e. The molecule has 0 unspecified atom stereocenters. The molecule has 10 heavy (non-hydrogen) atoms. The van der Waals surface area contributed by atoms with Gasteiger partial charge in [-0.25, -0.2) is 0 Å². The van der Waals surface area contributed by atoms with Crippen LogP contribution in [0.2, 0.25) is 0 Å². The summed E-state index contributed by atoms with van der Waals surface area (Å²) in [5, 5.41) is 3.35. The summed E-state index contributed by atoms with van der Waals surface area (Å²) in [5.41, 5.74) is 0.965. The fraction of sp³-hybridized carbons (Fsp3) is 0. The molecular weight excluding hydrogens is 173 g/mol. The van der Waals surface area contributed by atoms with Crippen molar-refractivity contribution in [3.8, 4) is 0 Å². The van der Waals surface area contributed by atoms with Crippen LogP contribution >= 0.6 is 0 Å². The summed E-state index contributed by atoms with van der Waals surface area (Å²) < 4.78 is 0. The van der Waals surface area contributed by atoms with Crippen molar-refractivity contribution in [3.05, 3.63) is 30.1 Å². The maximum Gasteiger partial charge on any atom is 0.0539 e. The number of hydrazone groups is 1. The molecule has 0 amide bonds. The number of hydrogen-bond acceptors (Lipinski definition) is 3. The summed E-state index contributed by atoms with van der Waals surface area (Å²) in [5.74, 6) is 4.91. The Kier molecular flexibility index (Phi) is 4.50. The van der Waals surface area contributed by atoms with Gasteiger partial charge in [0.05, 0.1) is 6.21 Å². The molecule has 4 heteroatoms. The molecule has 0 aliphatic carbocycles. The van der Waals surface area contributed by atoms with Crippen LogP contribution in [0.15, 0.2) is 29.6 Å². The van der Waals surface area contributed by atoms with E-state index < -0.39 is 0 Å². The van der Waals surface area contributed by atoms with E-state index in [9.17, 15) is 0 Å². The Labute approximate surface area is 69.3 Å². The fourth-order valence-electron chi connectivity index (χ4n) is 0.536. The molecule has 3 nitrogen and oxygen atoms in total. The van der Waals surface area contributed by atoms with E-state index >= 15 is 0 Å². The van der Waals surface area contributed by atoms with Crippen molar-refractivity contribution < 1.29 is 16.5 Å². The van der Waals surface area contributed by atoms with E-state index in [4.69, 9.17) is 5.84 Å². The Morgan fingerprint density at radius 3 is 2.50 bits per heavy atom. The van der Waals surface area contributed by atoms with E-state index in [-0.39, 0.29) is 16.5 Å². The van der Waals surface area contributed by atoms with Gasteiger partial charge in [0.15, 0.2) is 0 Å². The molecule has 0 radical (unpaired) electrons. The average Bonchev–Trinajstić information content (AvgIpc) is 1.91. The first kappa shape index (κ1) is 9.11. The van der Waals surface area contributed by atoms with Crippen LogP contribution in [0.1, 0.15) is 5.56 Å². The molecule has 1 aromatic heterocycles. The molecule has 0 bridgehead atoms. The minimum atomic E-state index is 0. The van der Waals surface area contributed by atoms with Crippen LogP contribution in [-0.2, 0) is 16.5 Å². The molecule has 56 valence electrons. The molecule has 1 heterocycles. The van der Waals surface area contributed by atoms with Gasteiger partial charge in [0.1, 0.15) is 0 Å². The first-order chi connectivity index (χ1) is 4.43. The molecule has 0 aliphatic rings. The van der Waals surface area contributed by atoms with Crippen molar-refractivity contribution in [1.82, 2.24) is 4.98 Å². The van der Waals surface area contributed by atoms with Gasteiger partial charge in [0, 0.05) is 28.9 Å². The van der Waals surface area contributed by atoms with Crippen LogP contribution in [-0.4, -0.2) is 11.2 Å². The largest absolute Gasteiger partial charge is 0.323 e. The standard InChI is InChI=1S/C6H7N3.Ni/c7-9-5-6-1-3-8-4-2-6;/h1-5H,7H2;. The van der Waals surface area contributed by atoms with E-state index in [1.165, 1.54) is 0 Å². The molecule has 0 fully saturated rings. The monoisotopic (exact) mass is 179 g/mol. The van der Waals surface area contributed by atoms with Crippen molar-refractivity contribution in [3.63, 3.8) is 0 Å². The second-order valence-electron chi connectivity index (χ2n) is 1.56. The number of nitrogens with zero attached hydrogens (tertiary/aromatic N) is 2. The normalized spacial score (nSPS) is 9.20. The maximum atomic E-state index is 4.91. The van der Waals surface area contributed by atoms with Crippen molar-refractivity contribution in [2.24, 2.45) is 10.9 Å². The molecule has 1 aromatic rings. The minimum Gasteiger partial charge on any atom is -0.323 e. The average molecular weight is 180 g/mol. The first-order valence-corrected chi connectivity index (χ1v) is 2.57. The fourth-order valence-corrected chi connectivity index (χ4v) is 0.536. The molecule has 0 spiro atoms. The Morgan fingerprint density at radius 2 is 2.00 bits per heavy atom. The Morgan fingerprint density at radius 1 is 1.40 bits per heavy atom. The third-order valence-electron chi connectivity index (χ3n) is 0.930. The van der Waals surface area contributed by atoms with E-state index in [1.54, 1.807) is 18.6 Å². The van der Waals surface area contributed by atoms with Crippen LogP contribution < -0.4 is 5.84 Å². The number of nitrogens with two attached hydrogens (primary N) is 1. The molecule has 0 aromatic carbocycles. The molecule has 0 aliphatic heterocycles. The van der Waals surface area contributed by atoms with Gasteiger partial charge in [-0.1, -0.05) is 0 Å². The van der Waals surface area contributed by atoms with Crippen LogP contribution in [0.25, 0.3) is 0 Å². The van der Waals surface area contributed by atoms with Gasteiger partial charge in [-0.2, -0.15) is 5.10 Å². The van der Waals surface area contributed by atoms with E-state index in [0.717, 1.165) is 5.56 Å². The molecule has 1 rings (SSSR count). The predicted molar refractivity (Wildman–Crippen MR) is 36.0 cm³/mol. The maximum absolute atomic E-state index is 4.91. The van der Waals surface area contributed by atoms with Gasteiger partial charge in [-0.3, -0.25) is 4.98 Å². The quantitative estimate of drug-likeness (QED) is 0.293. The van der Waals surface area contributed by atoms with E-state index in [1.807, 2.05) is 12.1 Å². The predicted octanol–water partition coefficient (Wildman–Crippen LogP) is 0.372. The SMILES string of the molecule is NN=Cc1ccncc1.[Ni]. The van der Waals surface area contributed by atoms with Crippen LogP contribution in [0, 0.1) is 0 Å². The Balaban J connectivity index is 0.000000810. The van der Waals surface area contributed by atoms with Gasteiger partial charge >= 0.3 is 0 Å². The molecule has 0 saturated carbocycles. The summed E-state index contributed by atoms with van der Waals surface area (Å²) in [6.07, 6.45) is 4.95. The third kappa shape index (κ3) is 2.60. The van der Waals surface area contributed by atoms with E-state index in [0.29, 0.717) is 0 Å². The van der Waals surface area contributed by atoms with Gasteiger partial charge in [0.2, 0.25) is 0 Å². The van der Waals surface area contributed by atoms with Gasteiger partial charge in [-0.15, -0.1) is 0 Å². The summed E-state index contributed by atoms with van der Waals surface area (Å²) in [6.45, 7) is 0. The first-order valence-electron chi connectivity index (χ1n) is 2.57. The second kappa shape index (κ2) is 4.94. The van der Waals surface area contributed by atoms with Gasteiger partial charge < -0.3 is 5.84 Å². The number of hydrogen-bond donors (Lipinski definition) is 1. The molecular formula is C6H7N3Ni. The van der Waals surface area contributed by atoms with Crippen molar-refractivity contribution in [1.29, 1.82) is 0 Å². The van der Waals surface area contributed by atoms with Crippen molar-refractivity contribution >= 4 is 6.21 Å². The zero-order chi connectivity index (χ0) is 6.53.